The first-order chi connectivity index (χ1) is 12.7. The highest BCUT2D eigenvalue weighted by molar-refractivity contribution is 6.05. The summed E-state index contributed by atoms with van der Waals surface area (Å²) in [7, 11) is 0. The van der Waals surface area contributed by atoms with Crippen LogP contribution in [0.2, 0.25) is 0 Å². The standard InChI is InChI=1S/C21H25NO5/c1-12(2)26-18-11-16(10-14(5)19(18)27-13(3)4)20(23)22-17-8-6-15(7-9-17)21(24)25/h6-13H,1-5H3,(H,22,23)(H,24,25). The molecule has 0 unspecified atom stereocenters. The number of aryl methyl sites for hydroxylation is 1. The van der Waals surface area contributed by atoms with Crippen LogP contribution >= 0.6 is 0 Å². The molecule has 2 N–H and O–H groups in total. The molecule has 1 amide bonds. The summed E-state index contributed by atoms with van der Waals surface area (Å²) in [4.78, 5) is 23.5. The Morgan fingerprint density at radius 1 is 0.926 bits per heavy atom. The van der Waals surface area contributed by atoms with Crippen molar-refractivity contribution in [2.24, 2.45) is 0 Å². The first-order valence-corrected chi connectivity index (χ1v) is 8.80. The largest absolute Gasteiger partial charge is 0.487 e. The lowest BCUT2D eigenvalue weighted by atomic mass is 10.1. The number of amides is 1. The van der Waals surface area contributed by atoms with Crippen LogP contribution in [0, 0.1) is 6.92 Å². The molecule has 0 aliphatic rings. The van der Waals surface area contributed by atoms with E-state index >= 15 is 0 Å². The maximum Gasteiger partial charge on any atom is 0.335 e. The highest BCUT2D eigenvalue weighted by Gasteiger charge is 2.17. The van der Waals surface area contributed by atoms with Gasteiger partial charge in [-0.25, -0.2) is 4.79 Å². The fraction of sp³-hybridized carbons (Fsp3) is 0.333. The Kier molecular flexibility index (Phi) is 6.45. The number of carbonyl (C=O) groups excluding carboxylic acids is 1. The van der Waals surface area contributed by atoms with Gasteiger partial charge in [0.2, 0.25) is 0 Å². The number of ether oxygens (including phenoxy) is 2. The topological polar surface area (TPSA) is 84.9 Å². The summed E-state index contributed by atoms with van der Waals surface area (Å²) in [6.45, 7) is 9.54. The van der Waals surface area contributed by atoms with Crippen molar-refractivity contribution in [3.8, 4) is 11.5 Å². The number of carboxylic acid groups (broad SMARTS) is 1. The molecule has 0 radical (unpaired) electrons. The van der Waals surface area contributed by atoms with Gasteiger partial charge in [-0.2, -0.15) is 0 Å². The zero-order valence-corrected chi connectivity index (χ0v) is 16.2. The fourth-order valence-corrected chi connectivity index (χ4v) is 2.50. The van der Waals surface area contributed by atoms with Crippen LogP contribution in [0.15, 0.2) is 36.4 Å². The van der Waals surface area contributed by atoms with Gasteiger partial charge in [0.15, 0.2) is 11.5 Å². The molecule has 0 aliphatic carbocycles. The van der Waals surface area contributed by atoms with Crippen molar-refractivity contribution in [3.05, 3.63) is 53.1 Å². The average molecular weight is 371 g/mol. The Labute approximate surface area is 159 Å². The van der Waals surface area contributed by atoms with Crippen molar-refractivity contribution in [3.63, 3.8) is 0 Å². The third kappa shape index (κ3) is 5.48. The van der Waals surface area contributed by atoms with Crippen LogP contribution in [0.25, 0.3) is 0 Å². The van der Waals surface area contributed by atoms with Gasteiger partial charge in [-0.05, 0) is 76.6 Å². The molecule has 2 aromatic carbocycles. The quantitative estimate of drug-likeness (QED) is 0.747. The van der Waals surface area contributed by atoms with Crippen molar-refractivity contribution in [2.75, 3.05) is 5.32 Å². The van der Waals surface area contributed by atoms with Crippen molar-refractivity contribution in [2.45, 2.75) is 46.8 Å². The normalized spacial score (nSPS) is 10.8. The van der Waals surface area contributed by atoms with E-state index in [9.17, 15) is 9.59 Å². The molecule has 6 heteroatoms. The number of carbonyl (C=O) groups is 2. The SMILES string of the molecule is Cc1cc(C(=O)Nc2ccc(C(=O)O)cc2)cc(OC(C)C)c1OC(C)C. The molecule has 2 aromatic rings. The molecule has 0 aromatic heterocycles. The van der Waals surface area contributed by atoms with Gasteiger partial charge in [-0.3, -0.25) is 4.79 Å². The van der Waals surface area contributed by atoms with E-state index in [0.29, 0.717) is 22.7 Å². The Balaban J connectivity index is 2.29. The Morgan fingerprint density at radius 3 is 2.04 bits per heavy atom. The molecular weight excluding hydrogens is 346 g/mol. The molecular formula is C21H25NO5. The number of nitrogens with one attached hydrogen (secondary N) is 1. The average Bonchev–Trinajstić information content (AvgIpc) is 2.57. The van der Waals surface area contributed by atoms with Crippen LogP contribution < -0.4 is 14.8 Å². The zero-order chi connectivity index (χ0) is 20.1. The minimum atomic E-state index is -1.01. The number of hydrogen-bond acceptors (Lipinski definition) is 4. The van der Waals surface area contributed by atoms with Gasteiger partial charge in [0.25, 0.3) is 5.91 Å². The minimum Gasteiger partial charge on any atom is -0.487 e. The Hall–Kier alpha value is -3.02. The van der Waals surface area contributed by atoms with Crippen molar-refractivity contribution < 1.29 is 24.2 Å². The number of carboxylic acids is 1. The van der Waals surface area contributed by atoms with Crippen LogP contribution in [0.3, 0.4) is 0 Å². The second-order valence-corrected chi connectivity index (χ2v) is 6.79. The molecule has 2 rings (SSSR count). The molecule has 0 saturated heterocycles. The van der Waals surface area contributed by atoms with Crippen LogP contribution in [0.5, 0.6) is 11.5 Å². The van der Waals surface area contributed by atoms with Gasteiger partial charge in [0.05, 0.1) is 17.8 Å². The van der Waals surface area contributed by atoms with E-state index in [4.69, 9.17) is 14.6 Å². The van der Waals surface area contributed by atoms with E-state index in [1.165, 1.54) is 12.1 Å². The molecule has 0 aliphatic heterocycles. The van der Waals surface area contributed by atoms with E-state index in [2.05, 4.69) is 5.32 Å². The maximum absolute atomic E-state index is 12.6. The number of anilines is 1. The molecule has 0 heterocycles. The van der Waals surface area contributed by atoms with Gasteiger partial charge >= 0.3 is 5.97 Å². The summed E-state index contributed by atoms with van der Waals surface area (Å²) in [5.41, 5.74) is 1.90. The van der Waals surface area contributed by atoms with Gasteiger partial charge in [0, 0.05) is 11.3 Å². The summed E-state index contributed by atoms with van der Waals surface area (Å²) in [6.07, 6.45) is -0.0913. The van der Waals surface area contributed by atoms with E-state index in [1.54, 1.807) is 24.3 Å². The van der Waals surface area contributed by atoms with Crippen molar-refractivity contribution >= 4 is 17.6 Å². The molecule has 0 saturated carbocycles. The molecule has 27 heavy (non-hydrogen) atoms. The highest BCUT2D eigenvalue weighted by atomic mass is 16.5. The summed E-state index contributed by atoms with van der Waals surface area (Å²) < 4.78 is 11.7. The third-order valence-electron chi connectivity index (χ3n) is 3.61. The second-order valence-electron chi connectivity index (χ2n) is 6.79. The molecule has 144 valence electrons. The first-order valence-electron chi connectivity index (χ1n) is 8.80. The van der Waals surface area contributed by atoms with Gasteiger partial charge < -0.3 is 19.9 Å². The Bertz CT molecular complexity index is 825. The van der Waals surface area contributed by atoms with E-state index in [-0.39, 0.29) is 23.7 Å². The van der Waals surface area contributed by atoms with Gasteiger partial charge in [-0.15, -0.1) is 0 Å². The molecule has 0 spiro atoms. The molecule has 6 nitrogen and oxygen atoms in total. The summed E-state index contributed by atoms with van der Waals surface area (Å²) >= 11 is 0. The van der Waals surface area contributed by atoms with Crippen LogP contribution in [-0.2, 0) is 0 Å². The minimum absolute atomic E-state index is 0.0226. The maximum atomic E-state index is 12.6. The van der Waals surface area contributed by atoms with Crippen LogP contribution in [0.1, 0.15) is 54.0 Å². The first kappa shape index (κ1) is 20.3. The van der Waals surface area contributed by atoms with E-state index in [0.717, 1.165) is 5.56 Å². The van der Waals surface area contributed by atoms with Crippen molar-refractivity contribution in [1.82, 2.24) is 0 Å². The van der Waals surface area contributed by atoms with E-state index < -0.39 is 5.97 Å². The lowest BCUT2D eigenvalue weighted by Gasteiger charge is -2.20. The summed E-state index contributed by atoms with van der Waals surface area (Å²) in [5, 5.41) is 11.7. The number of rotatable bonds is 7. The smallest absolute Gasteiger partial charge is 0.335 e. The molecule has 0 fully saturated rings. The monoisotopic (exact) mass is 371 g/mol. The van der Waals surface area contributed by atoms with E-state index in [1.807, 2.05) is 34.6 Å². The summed E-state index contributed by atoms with van der Waals surface area (Å²) in [5.74, 6) is -0.184. The molecule has 0 atom stereocenters. The lowest BCUT2D eigenvalue weighted by molar-refractivity contribution is 0.0696. The van der Waals surface area contributed by atoms with Gasteiger partial charge in [0.1, 0.15) is 0 Å². The number of benzene rings is 2. The second kappa shape index (κ2) is 8.58. The zero-order valence-electron chi connectivity index (χ0n) is 16.2. The number of aromatic carboxylic acids is 1. The predicted octanol–water partition coefficient (Wildman–Crippen LogP) is 4.52. The predicted molar refractivity (Wildman–Crippen MR) is 104 cm³/mol. The molecule has 0 bridgehead atoms. The van der Waals surface area contributed by atoms with Crippen LogP contribution in [-0.4, -0.2) is 29.2 Å². The Morgan fingerprint density at radius 2 is 1.52 bits per heavy atom. The highest BCUT2D eigenvalue weighted by Crippen LogP contribution is 2.34. The van der Waals surface area contributed by atoms with Crippen LogP contribution in [0.4, 0.5) is 5.69 Å². The van der Waals surface area contributed by atoms with Gasteiger partial charge in [-0.1, -0.05) is 0 Å². The third-order valence-corrected chi connectivity index (χ3v) is 3.61. The fourth-order valence-electron chi connectivity index (χ4n) is 2.50. The van der Waals surface area contributed by atoms with Crippen molar-refractivity contribution in [1.29, 1.82) is 0 Å². The summed E-state index contributed by atoms with van der Waals surface area (Å²) in [6, 6.07) is 9.38. The number of hydrogen-bond donors (Lipinski definition) is 2. The lowest BCUT2D eigenvalue weighted by Crippen LogP contribution is -2.15.